The van der Waals surface area contributed by atoms with Gasteiger partial charge in [0.15, 0.2) is 5.16 Å². The molecule has 7 heteroatoms. The molecule has 2 N–H and O–H groups in total. The molecule has 0 aliphatic carbocycles. The van der Waals surface area contributed by atoms with Gasteiger partial charge in [-0.3, -0.25) is 9.59 Å². The Morgan fingerprint density at radius 3 is 2.69 bits per heavy atom. The first kappa shape index (κ1) is 20.7. The monoisotopic (exact) mass is 409 g/mol. The Kier molecular flexibility index (Phi) is 6.72. The Bertz CT molecular complexity index is 1080. The molecule has 150 valence electrons. The fraction of sp³-hybridized carbons (Fsp3) is 0.227. The van der Waals surface area contributed by atoms with E-state index >= 15 is 0 Å². The van der Waals surface area contributed by atoms with Crippen LogP contribution in [0.2, 0.25) is 0 Å². The average Bonchev–Trinajstić information content (AvgIpc) is 2.69. The summed E-state index contributed by atoms with van der Waals surface area (Å²) in [6, 6.07) is 15.3. The van der Waals surface area contributed by atoms with Crippen LogP contribution >= 0.6 is 11.8 Å². The van der Waals surface area contributed by atoms with E-state index in [9.17, 15) is 9.59 Å². The first-order chi connectivity index (χ1) is 13.9. The number of carbonyl (C=O) groups excluding carboxylic acids is 1. The van der Waals surface area contributed by atoms with Crippen molar-refractivity contribution >= 4 is 23.4 Å². The lowest BCUT2D eigenvalue weighted by molar-refractivity contribution is -0.115. The number of aromatic nitrogens is 2. The lowest BCUT2D eigenvalue weighted by atomic mass is 10.1. The molecule has 1 heterocycles. The fourth-order valence-electron chi connectivity index (χ4n) is 2.86. The standard InChI is InChI=1S/C22H23N3O3S/c1-14-6-4-8-17(10-14)24-20(26)12-19-15(2)23-22(25-21(19)27)29-13-16-7-5-9-18(11-16)28-3/h4-11H,12-13H2,1-3H3,(H,24,26)(H,23,25,27). The minimum Gasteiger partial charge on any atom is -0.497 e. The highest BCUT2D eigenvalue weighted by molar-refractivity contribution is 7.98. The number of methoxy groups -OCH3 is 1. The summed E-state index contributed by atoms with van der Waals surface area (Å²) >= 11 is 1.43. The van der Waals surface area contributed by atoms with Gasteiger partial charge in [0.2, 0.25) is 5.91 Å². The van der Waals surface area contributed by atoms with E-state index < -0.39 is 0 Å². The van der Waals surface area contributed by atoms with Gasteiger partial charge in [0.25, 0.3) is 5.56 Å². The first-order valence-electron chi connectivity index (χ1n) is 9.16. The second kappa shape index (κ2) is 9.43. The maximum Gasteiger partial charge on any atom is 0.255 e. The molecule has 1 aromatic heterocycles. The highest BCUT2D eigenvalue weighted by Crippen LogP contribution is 2.22. The number of H-pyrrole nitrogens is 1. The van der Waals surface area contributed by atoms with Crippen molar-refractivity contribution in [2.45, 2.75) is 31.2 Å². The number of nitrogens with one attached hydrogen (secondary N) is 2. The Morgan fingerprint density at radius 2 is 1.97 bits per heavy atom. The predicted molar refractivity (Wildman–Crippen MR) is 116 cm³/mol. The molecule has 0 aliphatic rings. The van der Waals surface area contributed by atoms with Gasteiger partial charge < -0.3 is 15.0 Å². The molecule has 0 radical (unpaired) electrons. The van der Waals surface area contributed by atoms with Crippen molar-refractivity contribution in [3.05, 3.63) is 81.3 Å². The van der Waals surface area contributed by atoms with Crippen molar-refractivity contribution < 1.29 is 9.53 Å². The zero-order valence-corrected chi connectivity index (χ0v) is 17.4. The van der Waals surface area contributed by atoms with Gasteiger partial charge >= 0.3 is 0 Å². The average molecular weight is 410 g/mol. The summed E-state index contributed by atoms with van der Waals surface area (Å²) in [6.07, 6.45) is -0.0249. The third-order valence-electron chi connectivity index (χ3n) is 4.35. The topological polar surface area (TPSA) is 84.1 Å². The number of hydrogen-bond donors (Lipinski definition) is 2. The van der Waals surface area contributed by atoms with Crippen molar-refractivity contribution in [3.63, 3.8) is 0 Å². The molecule has 3 aromatic rings. The molecule has 1 amide bonds. The number of hydrogen-bond acceptors (Lipinski definition) is 5. The van der Waals surface area contributed by atoms with E-state index in [0.29, 0.717) is 27.9 Å². The second-order valence-corrected chi connectivity index (χ2v) is 7.63. The Labute approximate surface area is 173 Å². The van der Waals surface area contributed by atoms with Crippen LogP contribution in [0.15, 0.2) is 58.5 Å². The van der Waals surface area contributed by atoms with Crippen molar-refractivity contribution in [2.75, 3.05) is 12.4 Å². The fourth-order valence-corrected chi connectivity index (χ4v) is 3.71. The molecule has 0 spiro atoms. The van der Waals surface area contributed by atoms with Crippen LogP contribution in [0.25, 0.3) is 0 Å². The number of aromatic amines is 1. The molecule has 0 fully saturated rings. The van der Waals surface area contributed by atoms with E-state index in [1.807, 2.05) is 55.5 Å². The third-order valence-corrected chi connectivity index (χ3v) is 5.29. The lowest BCUT2D eigenvalue weighted by Gasteiger charge is -2.09. The Hall–Kier alpha value is -3.06. The molecule has 6 nitrogen and oxygen atoms in total. The van der Waals surface area contributed by atoms with E-state index in [-0.39, 0.29) is 17.9 Å². The van der Waals surface area contributed by atoms with Crippen LogP contribution in [-0.2, 0) is 17.0 Å². The quantitative estimate of drug-likeness (QED) is 0.457. The number of nitrogens with zero attached hydrogens (tertiary/aromatic N) is 1. The summed E-state index contributed by atoms with van der Waals surface area (Å²) in [5.41, 5.74) is 3.47. The number of rotatable bonds is 7. The second-order valence-electron chi connectivity index (χ2n) is 6.67. The van der Waals surface area contributed by atoms with Crippen LogP contribution in [0.4, 0.5) is 5.69 Å². The summed E-state index contributed by atoms with van der Waals surface area (Å²) in [5.74, 6) is 1.19. The van der Waals surface area contributed by atoms with Gasteiger partial charge in [0.05, 0.1) is 13.5 Å². The van der Waals surface area contributed by atoms with Gasteiger partial charge in [-0.15, -0.1) is 0 Å². The van der Waals surface area contributed by atoms with Crippen LogP contribution in [0.5, 0.6) is 5.75 Å². The van der Waals surface area contributed by atoms with Crippen molar-refractivity contribution in [2.24, 2.45) is 0 Å². The van der Waals surface area contributed by atoms with E-state index in [1.54, 1.807) is 14.0 Å². The summed E-state index contributed by atoms with van der Waals surface area (Å²) in [7, 11) is 1.63. The highest BCUT2D eigenvalue weighted by atomic mass is 32.2. The smallest absolute Gasteiger partial charge is 0.255 e. The van der Waals surface area contributed by atoms with Crippen LogP contribution in [0.1, 0.15) is 22.4 Å². The van der Waals surface area contributed by atoms with Crippen molar-refractivity contribution in [1.29, 1.82) is 0 Å². The van der Waals surface area contributed by atoms with Crippen molar-refractivity contribution in [3.8, 4) is 5.75 Å². The van der Waals surface area contributed by atoms with Gasteiger partial charge in [0.1, 0.15) is 5.75 Å². The lowest BCUT2D eigenvalue weighted by Crippen LogP contribution is -2.23. The van der Waals surface area contributed by atoms with E-state index in [4.69, 9.17) is 4.74 Å². The van der Waals surface area contributed by atoms with E-state index in [2.05, 4.69) is 15.3 Å². The molecule has 0 saturated carbocycles. The molecule has 29 heavy (non-hydrogen) atoms. The zero-order chi connectivity index (χ0) is 20.8. The zero-order valence-electron chi connectivity index (χ0n) is 16.6. The molecule has 3 rings (SSSR count). The van der Waals surface area contributed by atoms with E-state index in [1.165, 1.54) is 11.8 Å². The molecule has 0 bridgehead atoms. The van der Waals surface area contributed by atoms with Gasteiger partial charge in [-0.05, 0) is 49.2 Å². The van der Waals surface area contributed by atoms with Crippen LogP contribution in [0.3, 0.4) is 0 Å². The number of anilines is 1. The SMILES string of the molecule is COc1cccc(CSc2nc(C)c(CC(=O)Nc3cccc(C)c3)c(=O)[nH]2)c1. The van der Waals surface area contributed by atoms with Gasteiger partial charge in [-0.25, -0.2) is 4.98 Å². The molecular formula is C22H23N3O3S. The summed E-state index contributed by atoms with van der Waals surface area (Å²) < 4.78 is 5.23. The maximum absolute atomic E-state index is 12.5. The number of carbonyl (C=O) groups is 1. The number of thioether (sulfide) groups is 1. The van der Waals surface area contributed by atoms with Crippen LogP contribution < -0.4 is 15.6 Å². The highest BCUT2D eigenvalue weighted by Gasteiger charge is 2.13. The number of ether oxygens (including phenoxy) is 1. The number of aryl methyl sites for hydroxylation is 2. The molecule has 0 unspecified atom stereocenters. The molecule has 0 atom stereocenters. The normalized spacial score (nSPS) is 10.6. The molecule has 0 aliphatic heterocycles. The number of amides is 1. The van der Waals surface area contributed by atoms with Gasteiger partial charge in [-0.2, -0.15) is 0 Å². The predicted octanol–water partition coefficient (Wildman–Crippen LogP) is 3.87. The largest absolute Gasteiger partial charge is 0.497 e. The Balaban J connectivity index is 1.67. The number of benzene rings is 2. The Morgan fingerprint density at radius 1 is 1.17 bits per heavy atom. The van der Waals surface area contributed by atoms with Gasteiger partial charge in [0, 0.05) is 22.7 Å². The summed E-state index contributed by atoms with van der Waals surface area (Å²) in [5, 5.41) is 3.35. The maximum atomic E-state index is 12.5. The first-order valence-corrected chi connectivity index (χ1v) is 10.1. The third kappa shape index (κ3) is 5.71. The minimum atomic E-state index is -0.287. The van der Waals surface area contributed by atoms with Gasteiger partial charge in [-0.1, -0.05) is 36.0 Å². The van der Waals surface area contributed by atoms with Crippen LogP contribution in [-0.4, -0.2) is 23.0 Å². The van der Waals surface area contributed by atoms with Crippen molar-refractivity contribution in [1.82, 2.24) is 9.97 Å². The minimum absolute atomic E-state index is 0.0249. The van der Waals surface area contributed by atoms with E-state index in [0.717, 1.165) is 16.9 Å². The molecular weight excluding hydrogens is 386 g/mol. The summed E-state index contributed by atoms with van der Waals surface area (Å²) in [6.45, 7) is 3.70. The van der Waals surface area contributed by atoms with Crippen LogP contribution in [0, 0.1) is 13.8 Å². The molecule has 0 saturated heterocycles. The molecule has 2 aromatic carbocycles. The summed E-state index contributed by atoms with van der Waals surface area (Å²) in [4.78, 5) is 32.1.